The van der Waals surface area contributed by atoms with Crippen LogP contribution in [0.15, 0.2) is 41.4 Å². The fourth-order valence-electron chi connectivity index (χ4n) is 4.09. The standard InChI is InChI=1S/C21H25N3O4S/c25-19-6-3-11-22-20(19)23-21(26)16-9-12-24(13-10-16)29(27,28)18-8-7-15-4-1-2-5-17(15)14-18/h3,6-8,11,14,16,25H,1-2,4-5,9-10,12-13H2,(H,22,23,26). The molecule has 0 atom stereocenters. The Labute approximate surface area is 170 Å². The van der Waals surface area contributed by atoms with Crippen LogP contribution >= 0.6 is 0 Å². The van der Waals surface area contributed by atoms with Crippen LogP contribution in [0.1, 0.15) is 36.8 Å². The van der Waals surface area contributed by atoms with E-state index in [1.54, 1.807) is 12.1 Å². The summed E-state index contributed by atoms with van der Waals surface area (Å²) in [6.07, 6.45) is 6.56. The number of carbonyl (C=O) groups is 1. The highest BCUT2D eigenvalue weighted by Gasteiger charge is 2.32. The van der Waals surface area contributed by atoms with Crippen LogP contribution in [-0.4, -0.2) is 41.8 Å². The molecule has 1 aromatic carbocycles. The van der Waals surface area contributed by atoms with E-state index in [0.717, 1.165) is 31.2 Å². The summed E-state index contributed by atoms with van der Waals surface area (Å²) < 4.78 is 27.6. The predicted octanol–water partition coefficient (Wildman–Crippen LogP) is 2.71. The molecule has 0 radical (unpaired) electrons. The van der Waals surface area contributed by atoms with Crippen molar-refractivity contribution < 1.29 is 18.3 Å². The molecule has 1 aliphatic carbocycles. The molecule has 1 aromatic heterocycles. The molecule has 0 spiro atoms. The Morgan fingerprint density at radius 1 is 1.10 bits per heavy atom. The monoisotopic (exact) mass is 415 g/mol. The zero-order valence-electron chi connectivity index (χ0n) is 16.2. The molecule has 4 rings (SSSR count). The smallest absolute Gasteiger partial charge is 0.243 e. The maximum Gasteiger partial charge on any atom is 0.243 e. The van der Waals surface area contributed by atoms with Crippen molar-refractivity contribution in [1.29, 1.82) is 0 Å². The summed E-state index contributed by atoms with van der Waals surface area (Å²) in [5.41, 5.74) is 2.39. The number of rotatable bonds is 4. The number of fused-ring (bicyclic) bond motifs is 1. The van der Waals surface area contributed by atoms with Crippen LogP contribution in [0.2, 0.25) is 0 Å². The van der Waals surface area contributed by atoms with Crippen molar-refractivity contribution in [1.82, 2.24) is 9.29 Å². The number of pyridine rings is 1. The number of aromatic nitrogens is 1. The Bertz CT molecular complexity index is 1010. The SMILES string of the molecule is O=C(Nc1ncccc1O)C1CCN(S(=O)(=O)c2ccc3c(c2)CCCC3)CC1. The van der Waals surface area contributed by atoms with E-state index in [0.29, 0.717) is 30.8 Å². The van der Waals surface area contributed by atoms with Crippen LogP contribution in [0.4, 0.5) is 5.82 Å². The lowest BCUT2D eigenvalue weighted by Crippen LogP contribution is -2.41. The van der Waals surface area contributed by atoms with Gasteiger partial charge in [0.2, 0.25) is 15.9 Å². The van der Waals surface area contributed by atoms with Crippen molar-refractivity contribution in [3.8, 4) is 5.75 Å². The highest BCUT2D eigenvalue weighted by molar-refractivity contribution is 7.89. The number of amides is 1. The first-order chi connectivity index (χ1) is 13.9. The van der Waals surface area contributed by atoms with Gasteiger partial charge in [-0.15, -0.1) is 0 Å². The third-order valence-corrected chi connectivity index (χ3v) is 7.71. The van der Waals surface area contributed by atoms with Gasteiger partial charge in [0.05, 0.1) is 4.90 Å². The average molecular weight is 416 g/mol. The zero-order chi connectivity index (χ0) is 20.4. The normalized spacial score (nSPS) is 18.2. The molecule has 1 saturated heterocycles. The van der Waals surface area contributed by atoms with Gasteiger partial charge in [-0.25, -0.2) is 13.4 Å². The first-order valence-corrected chi connectivity index (χ1v) is 11.5. The molecule has 2 aromatic rings. The maximum atomic E-state index is 13.1. The highest BCUT2D eigenvalue weighted by atomic mass is 32.2. The molecule has 8 heteroatoms. The number of piperidine rings is 1. The summed E-state index contributed by atoms with van der Waals surface area (Å²) in [5.74, 6) is -0.522. The molecule has 1 fully saturated rings. The Morgan fingerprint density at radius 2 is 1.83 bits per heavy atom. The van der Waals surface area contributed by atoms with Gasteiger partial charge >= 0.3 is 0 Å². The minimum absolute atomic E-state index is 0.0896. The van der Waals surface area contributed by atoms with Gasteiger partial charge < -0.3 is 10.4 Å². The molecule has 154 valence electrons. The molecule has 2 N–H and O–H groups in total. The molecule has 29 heavy (non-hydrogen) atoms. The van der Waals surface area contributed by atoms with Crippen LogP contribution in [0, 0.1) is 5.92 Å². The van der Waals surface area contributed by atoms with E-state index in [1.165, 1.54) is 22.1 Å². The van der Waals surface area contributed by atoms with Crippen molar-refractivity contribution in [2.45, 2.75) is 43.4 Å². The van der Waals surface area contributed by atoms with Crippen LogP contribution in [-0.2, 0) is 27.7 Å². The van der Waals surface area contributed by atoms with E-state index in [4.69, 9.17) is 0 Å². The lowest BCUT2D eigenvalue weighted by molar-refractivity contribution is -0.120. The van der Waals surface area contributed by atoms with E-state index in [1.807, 2.05) is 12.1 Å². The predicted molar refractivity (Wildman–Crippen MR) is 109 cm³/mol. The Hall–Kier alpha value is -2.45. The van der Waals surface area contributed by atoms with Gasteiger partial charge in [-0.05, 0) is 73.9 Å². The molecular formula is C21H25N3O4S. The number of anilines is 1. The number of nitrogens with one attached hydrogen (secondary N) is 1. The van der Waals surface area contributed by atoms with Gasteiger partial charge in [-0.3, -0.25) is 4.79 Å². The van der Waals surface area contributed by atoms with E-state index in [-0.39, 0.29) is 23.4 Å². The van der Waals surface area contributed by atoms with Gasteiger partial charge in [0.25, 0.3) is 0 Å². The number of aromatic hydroxyl groups is 1. The van der Waals surface area contributed by atoms with Gasteiger partial charge in [-0.2, -0.15) is 4.31 Å². The fourth-order valence-corrected chi connectivity index (χ4v) is 5.61. The third-order valence-electron chi connectivity index (χ3n) is 5.81. The van der Waals surface area contributed by atoms with Crippen LogP contribution in [0.25, 0.3) is 0 Å². The molecule has 2 aliphatic rings. The summed E-state index contributed by atoms with van der Waals surface area (Å²) in [5, 5.41) is 12.4. The highest BCUT2D eigenvalue weighted by Crippen LogP contribution is 2.29. The Balaban J connectivity index is 1.41. The van der Waals surface area contributed by atoms with E-state index in [9.17, 15) is 18.3 Å². The number of sulfonamides is 1. The van der Waals surface area contributed by atoms with Crippen molar-refractivity contribution in [2.24, 2.45) is 5.92 Å². The van der Waals surface area contributed by atoms with Crippen LogP contribution < -0.4 is 5.32 Å². The first kappa shape index (κ1) is 19.8. The van der Waals surface area contributed by atoms with Crippen molar-refractivity contribution >= 4 is 21.7 Å². The lowest BCUT2D eigenvalue weighted by Gasteiger charge is -2.30. The third kappa shape index (κ3) is 4.13. The van der Waals surface area contributed by atoms with Crippen molar-refractivity contribution in [2.75, 3.05) is 18.4 Å². The average Bonchev–Trinajstić information content (AvgIpc) is 2.75. The van der Waals surface area contributed by atoms with Crippen molar-refractivity contribution in [3.05, 3.63) is 47.7 Å². The molecular weight excluding hydrogens is 390 g/mol. The number of aryl methyl sites for hydroxylation is 2. The largest absolute Gasteiger partial charge is 0.504 e. The Morgan fingerprint density at radius 3 is 2.55 bits per heavy atom. The second kappa shape index (κ2) is 8.12. The molecule has 7 nitrogen and oxygen atoms in total. The van der Waals surface area contributed by atoms with Gasteiger partial charge in [-0.1, -0.05) is 6.07 Å². The van der Waals surface area contributed by atoms with Gasteiger partial charge in [0.15, 0.2) is 11.6 Å². The number of hydrogen-bond acceptors (Lipinski definition) is 5. The minimum atomic E-state index is -3.56. The zero-order valence-corrected chi connectivity index (χ0v) is 17.0. The summed E-state index contributed by atoms with van der Waals surface area (Å²) >= 11 is 0. The second-order valence-electron chi connectivity index (χ2n) is 7.68. The van der Waals surface area contributed by atoms with Gasteiger partial charge in [0, 0.05) is 25.2 Å². The molecule has 0 unspecified atom stereocenters. The van der Waals surface area contributed by atoms with Gasteiger partial charge in [0.1, 0.15) is 0 Å². The molecule has 1 amide bonds. The van der Waals surface area contributed by atoms with E-state index >= 15 is 0 Å². The molecule has 0 saturated carbocycles. The molecule has 1 aliphatic heterocycles. The summed E-state index contributed by atoms with van der Waals surface area (Å²) in [6.45, 7) is 0.595. The number of nitrogens with zero attached hydrogens (tertiary/aromatic N) is 2. The second-order valence-corrected chi connectivity index (χ2v) is 9.61. The molecule has 2 heterocycles. The quantitative estimate of drug-likeness (QED) is 0.800. The van der Waals surface area contributed by atoms with Crippen LogP contribution in [0.5, 0.6) is 5.75 Å². The number of carbonyl (C=O) groups excluding carboxylic acids is 1. The number of benzene rings is 1. The maximum absolute atomic E-state index is 13.1. The fraction of sp³-hybridized carbons (Fsp3) is 0.429. The van der Waals surface area contributed by atoms with E-state index < -0.39 is 10.0 Å². The van der Waals surface area contributed by atoms with E-state index in [2.05, 4.69) is 10.3 Å². The van der Waals surface area contributed by atoms with Crippen LogP contribution in [0.3, 0.4) is 0 Å². The minimum Gasteiger partial charge on any atom is -0.504 e. The molecule has 0 bridgehead atoms. The number of hydrogen-bond donors (Lipinski definition) is 2. The Kier molecular flexibility index (Phi) is 5.56. The first-order valence-electron chi connectivity index (χ1n) is 10.0. The summed E-state index contributed by atoms with van der Waals surface area (Å²) in [6, 6.07) is 8.51. The lowest BCUT2D eigenvalue weighted by atomic mass is 9.92. The topological polar surface area (TPSA) is 99.6 Å². The van der Waals surface area contributed by atoms with Crippen molar-refractivity contribution in [3.63, 3.8) is 0 Å². The summed E-state index contributed by atoms with van der Waals surface area (Å²) in [4.78, 5) is 16.8. The summed E-state index contributed by atoms with van der Waals surface area (Å²) in [7, 11) is -3.56.